The second-order valence-corrected chi connectivity index (χ2v) is 2.96. The van der Waals surface area contributed by atoms with Crippen LogP contribution >= 0.6 is 0 Å². The monoisotopic (exact) mass is 206 g/mol. The number of benzene rings is 1. The van der Waals surface area contributed by atoms with Crippen molar-refractivity contribution in [1.29, 1.82) is 0 Å². The Morgan fingerprint density at radius 1 is 1.27 bits per heavy atom. The third-order valence-electron chi connectivity index (χ3n) is 1.88. The molecule has 4 heteroatoms. The van der Waals surface area contributed by atoms with Crippen LogP contribution in [-0.4, -0.2) is 28.9 Å². The van der Waals surface area contributed by atoms with Gasteiger partial charge in [-0.15, -0.1) is 5.98 Å². The van der Waals surface area contributed by atoms with Gasteiger partial charge in [0.15, 0.2) is 18.3 Å². The Hall–Kier alpha value is -1.42. The Bertz CT molecular complexity index is 337. The highest BCUT2D eigenvalue weighted by Gasteiger charge is 2.03. The van der Waals surface area contributed by atoms with Crippen molar-refractivity contribution in [2.45, 2.75) is 0 Å². The van der Waals surface area contributed by atoms with Gasteiger partial charge < -0.3 is 14.2 Å². The first-order valence-corrected chi connectivity index (χ1v) is 4.74. The van der Waals surface area contributed by atoms with Crippen LogP contribution in [0.2, 0.25) is 0 Å². The van der Waals surface area contributed by atoms with Gasteiger partial charge in [0.25, 0.3) is 0 Å². The Morgan fingerprint density at radius 3 is 2.67 bits per heavy atom. The molecule has 0 aliphatic rings. The van der Waals surface area contributed by atoms with E-state index < -0.39 is 0 Å². The van der Waals surface area contributed by atoms with Crippen molar-refractivity contribution < 1.29 is 14.2 Å². The molecule has 0 unspecified atom stereocenters. The molecule has 3 nitrogen and oxygen atoms in total. The van der Waals surface area contributed by atoms with Crippen LogP contribution in [0.25, 0.3) is 6.08 Å². The average molecular weight is 206 g/mol. The van der Waals surface area contributed by atoms with E-state index in [2.05, 4.69) is 0 Å². The van der Waals surface area contributed by atoms with Crippen molar-refractivity contribution >= 4 is 13.9 Å². The molecule has 0 saturated carbocycles. The predicted molar refractivity (Wildman–Crippen MR) is 63.1 cm³/mol. The number of ether oxygens (including phenoxy) is 3. The lowest BCUT2D eigenvalue weighted by molar-refractivity contribution is 0.0491. The minimum absolute atomic E-state index is 0.222. The van der Waals surface area contributed by atoms with Crippen LogP contribution in [0.15, 0.2) is 24.2 Å². The number of methoxy groups -OCH3 is 2. The Morgan fingerprint density at radius 2 is 2.07 bits per heavy atom. The molecule has 0 spiro atoms. The van der Waals surface area contributed by atoms with Crippen LogP contribution in [0.5, 0.6) is 11.5 Å². The van der Waals surface area contributed by atoms with Crippen LogP contribution < -0.4 is 9.47 Å². The summed E-state index contributed by atoms with van der Waals surface area (Å²) in [7, 11) is 5.18. The van der Waals surface area contributed by atoms with E-state index >= 15 is 0 Å². The molecule has 1 rings (SSSR count). The lowest BCUT2D eigenvalue weighted by atomic mass is 10.1. The van der Waals surface area contributed by atoms with E-state index in [1.165, 1.54) is 0 Å². The molecule has 0 bridgehead atoms. The second-order valence-electron chi connectivity index (χ2n) is 2.96. The molecule has 0 aromatic heterocycles. The minimum Gasteiger partial charge on any atom is -0.493 e. The second kappa shape index (κ2) is 6.14. The van der Waals surface area contributed by atoms with E-state index in [-0.39, 0.29) is 6.79 Å². The van der Waals surface area contributed by atoms with Crippen LogP contribution in [0.1, 0.15) is 5.56 Å². The van der Waals surface area contributed by atoms with Gasteiger partial charge in [-0.1, -0.05) is 12.1 Å². The van der Waals surface area contributed by atoms with Gasteiger partial charge in [0.05, 0.1) is 7.11 Å². The molecule has 0 aliphatic carbocycles. The maximum atomic E-state index is 5.34. The predicted octanol–water partition coefficient (Wildman–Crippen LogP) is 1.28. The zero-order chi connectivity index (χ0) is 11.1. The first-order valence-electron chi connectivity index (χ1n) is 4.74. The number of rotatable bonds is 5. The number of hydrogen-bond donors (Lipinski definition) is 0. The summed E-state index contributed by atoms with van der Waals surface area (Å²) in [5, 5.41) is 0. The largest absolute Gasteiger partial charge is 0.493 e. The van der Waals surface area contributed by atoms with Gasteiger partial charge >= 0.3 is 0 Å². The summed E-state index contributed by atoms with van der Waals surface area (Å²) in [6.45, 7) is 0.222. The van der Waals surface area contributed by atoms with Crippen LogP contribution in [-0.2, 0) is 4.74 Å². The highest BCUT2D eigenvalue weighted by Crippen LogP contribution is 2.28. The highest BCUT2D eigenvalue weighted by molar-refractivity contribution is 6.19. The highest BCUT2D eigenvalue weighted by atomic mass is 16.7. The smallest absolute Gasteiger partial charge is 0.188 e. The summed E-state index contributed by atoms with van der Waals surface area (Å²) in [6.07, 6.45) is 2.00. The van der Waals surface area contributed by atoms with Crippen molar-refractivity contribution in [3.63, 3.8) is 0 Å². The first-order chi connectivity index (χ1) is 7.31. The lowest BCUT2D eigenvalue weighted by Crippen LogP contribution is -2.00. The summed E-state index contributed by atoms with van der Waals surface area (Å²) in [5.74, 6) is 3.38. The van der Waals surface area contributed by atoms with Gasteiger partial charge in [-0.2, -0.15) is 0 Å². The summed E-state index contributed by atoms with van der Waals surface area (Å²) in [4.78, 5) is 0. The fourth-order valence-electron chi connectivity index (χ4n) is 1.22. The number of hydrogen-bond acceptors (Lipinski definition) is 3. The third-order valence-corrected chi connectivity index (χ3v) is 1.88. The van der Waals surface area contributed by atoms with Crippen molar-refractivity contribution in [3.8, 4) is 11.5 Å². The summed E-state index contributed by atoms with van der Waals surface area (Å²) >= 11 is 0. The van der Waals surface area contributed by atoms with Gasteiger partial charge in [-0.25, -0.2) is 0 Å². The van der Waals surface area contributed by atoms with E-state index in [9.17, 15) is 0 Å². The molecule has 15 heavy (non-hydrogen) atoms. The van der Waals surface area contributed by atoms with Crippen LogP contribution in [0.4, 0.5) is 0 Å². The van der Waals surface area contributed by atoms with Crippen LogP contribution in [0, 0.1) is 0 Å². The van der Waals surface area contributed by atoms with Crippen molar-refractivity contribution in [1.82, 2.24) is 0 Å². The van der Waals surface area contributed by atoms with Crippen molar-refractivity contribution in [2.75, 3.05) is 21.0 Å². The fraction of sp³-hybridized carbons (Fsp3) is 0.273. The van der Waals surface area contributed by atoms with Gasteiger partial charge in [0.2, 0.25) is 0 Å². The van der Waals surface area contributed by atoms with Crippen LogP contribution in [0.3, 0.4) is 0 Å². The maximum Gasteiger partial charge on any atom is 0.188 e. The van der Waals surface area contributed by atoms with E-state index in [4.69, 9.17) is 14.2 Å². The Balaban J connectivity index is 2.88. The molecule has 1 aromatic rings. The first kappa shape index (κ1) is 11.7. The molecule has 1 aromatic carbocycles. The molecule has 80 valence electrons. The minimum atomic E-state index is 0.222. The van der Waals surface area contributed by atoms with Crippen molar-refractivity contribution in [2.24, 2.45) is 0 Å². The van der Waals surface area contributed by atoms with Gasteiger partial charge in [0.1, 0.15) is 7.85 Å². The SMILES string of the molecule is B/C=C/c1ccc(OCOC)c(OC)c1. The molecule has 0 atom stereocenters. The molecule has 0 aliphatic heterocycles. The summed E-state index contributed by atoms with van der Waals surface area (Å²) in [6, 6.07) is 5.76. The standard InChI is InChI=1S/C11H15BO3/c1-13-8-15-10-4-3-9(5-6-12)7-11(10)14-2/h3-7H,8,12H2,1-2H3/b6-5+. The lowest BCUT2D eigenvalue weighted by Gasteiger charge is -2.10. The normalized spacial score (nSPS) is 10.5. The maximum absolute atomic E-state index is 5.34. The fourth-order valence-corrected chi connectivity index (χ4v) is 1.22. The average Bonchev–Trinajstić information content (AvgIpc) is 2.27. The summed E-state index contributed by atoms with van der Waals surface area (Å²) < 4.78 is 15.4. The zero-order valence-corrected chi connectivity index (χ0v) is 9.32. The van der Waals surface area contributed by atoms with Gasteiger partial charge in [-0.05, 0) is 17.7 Å². The molecule has 0 fully saturated rings. The van der Waals surface area contributed by atoms with Gasteiger partial charge in [-0.3, -0.25) is 0 Å². The van der Waals surface area contributed by atoms with E-state index in [0.29, 0.717) is 11.5 Å². The molecule has 0 radical (unpaired) electrons. The summed E-state index contributed by atoms with van der Waals surface area (Å²) in [5.41, 5.74) is 1.08. The molecular weight excluding hydrogens is 191 g/mol. The van der Waals surface area contributed by atoms with E-state index in [1.807, 2.05) is 38.1 Å². The molecule has 0 N–H and O–H groups in total. The Kier molecular flexibility index (Phi) is 4.77. The molecule has 0 amide bonds. The van der Waals surface area contributed by atoms with Gasteiger partial charge in [0, 0.05) is 7.11 Å². The molecule has 0 heterocycles. The van der Waals surface area contributed by atoms with E-state index in [1.54, 1.807) is 14.2 Å². The van der Waals surface area contributed by atoms with Crippen molar-refractivity contribution in [3.05, 3.63) is 29.7 Å². The Labute approximate surface area is 91.1 Å². The zero-order valence-electron chi connectivity index (χ0n) is 9.32. The topological polar surface area (TPSA) is 27.7 Å². The quantitative estimate of drug-likeness (QED) is 0.536. The third kappa shape index (κ3) is 3.33. The van der Waals surface area contributed by atoms with E-state index in [0.717, 1.165) is 5.56 Å². The molecular formula is C11H15BO3. The molecule has 0 saturated heterocycles.